The molecule has 22 heavy (non-hydrogen) atoms. The number of aliphatic carboxylic acids is 1. The summed E-state index contributed by atoms with van der Waals surface area (Å²) in [7, 11) is 0. The van der Waals surface area contributed by atoms with Crippen LogP contribution in [0.15, 0.2) is 24.3 Å². The van der Waals surface area contributed by atoms with Crippen molar-refractivity contribution in [3.8, 4) is 0 Å². The van der Waals surface area contributed by atoms with E-state index in [9.17, 15) is 19.1 Å². The number of carboxylic acid groups (broad SMARTS) is 1. The van der Waals surface area contributed by atoms with Gasteiger partial charge in [-0.15, -0.1) is 0 Å². The molecular weight excluding hydrogens is 287 g/mol. The van der Waals surface area contributed by atoms with Gasteiger partial charge in [-0.1, -0.05) is 18.6 Å². The molecule has 1 heterocycles. The van der Waals surface area contributed by atoms with Crippen molar-refractivity contribution in [1.29, 1.82) is 0 Å². The molecule has 1 aliphatic heterocycles. The van der Waals surface area contributed by atoms with Crippen molar-refractivity contribution in [1.82, 2.24) is 4.90 Å². The van der Waals surface area contributed by atoms with E-state index in [0.717, 1.165) is 12.8 Å². The quantitative estimate of drug-likeness (QED) is 0.884. The Morgan fingerprint density at radius 1 is 1.36 bits per heavy atom. The summed E-state index contributed by atoms with van der Waals surface area (Å²) in [5, 5.41) is 9.63. The van der Waals surface area contributed by atoms with Crippen molar-refractivity contribution in [2.75, 3.05) is 13.1 Å². The number of hydrogen-bond donors (Lipinski definition) is 2. The number of amides is 1. The third-order valence-corrected chi connectivity index (χ3v) is 5.14. The Morgan fingerprint density at radius 2 is 2.05 bits per heavy atom. The van der Waals surface area contributed by atoms with Crippen LogP contribution in [0.5, 0.6) is 0 Å². The fourth-order valence-corrected chi connectivity index (χ4v) is 4.07. The standard InChI is InChI=1S/C16H19FN2O3/c17-12-5-3-10(4-6-12)13(14(18)20)19-8-11-2-1-7-16(11,9-19)15(21)22/h3-6,11,13H,1-2,7-9H2,(H2,18,20)(H,21,22)/t11-,13?,16+/m0/s1. The molecule has 3 rings (SSSR count). The van der Waals surface area contributed by atoms with Gasteiger partial charge in [0.1, 0.15) is 11.9 Å². The van der Waals surface area contributed by atoms with Gasteiger partial charge in [-0.2, -0.15) is 0 Å². The first-order chi connectivity index (χ1) is 10.4. The normalized spacial score (nSPS) is 29.2. The second-order valence-corrected chi connectivity index (χ2v) is 6.34. The van der Waals surface area contributed by atoms with E-state index in [0.29, 0.717) is 25.1 Å². The van der Waals surface area contributed by atoms with Gasteiger partial charge in [-0.05, 0) is 36.5 Å². The monoisotopic (exact) mass is 306 g/mol. The summed E-state index contributed by atoms with van der Waals surface area (Å²) in [6.45, 7) is 0.856. The lowest BCUT2D eigenvalue weighted by molar-refractivity contribution is -0.149. The van der Waals surface area contributed by atoms with Crippen LogP contribution >= 0.6 is 0 Å². The van der Waals surface area contributed by atoms with Crippen molar-refractivity contribution in [2.45, 2.75) is 25.3 Å². The minimum absolute atomic E-state index is 0.0484. The topological polar surface area (TPSA) is 83.6 Å². The number of carboxylic acids is 1. The highest BCUT2D eigenvalue weighted by molar-refractivity contribution is 5.82. The molecule has 1 amide bonds. The Balaban J connectivity index is 1.90. The Kier molecular flexibility index (Phi) is 3.64. The Labute approximate surface area is 127 Å². The number of benzene rings is 1. The van der Waals surface area contributed by atoms with E-state index in [-0.39, 0.29) is 11.7 Å². The van der Waals surface area contributed by atoms with E-state index in [1.54, 1.807) is 0 Å². The molecule has 1 aromatic rings. The average Bonchev–Trinajstić information content (AvgIpc) is 2.98. The van der Waals surface area contributed by atoms with Gasteiger partial charge in [-0.25, -0.2) is 4.39 Å². The first-order valence-corrected chi connectivity index (χ1v) is 7.46. The average molecular weight is 306 g/mol. The first kappa shape index (κ1) is 15.0. The van der Waals surface area contributed by atoms with Crippen molar-refractivity contribution < 1.29 is 19.1 Å². The van der Waals surface area contributed by atoms with Crippen molar-refractivity contribution >= 4 is 11.9 Å². The maximum absolute atomic E-state index is 13.1. The van der Waals surface area contributed by atoms with Gasteiger partial charge in [0.25, 0.3) is 0 Å². The summed E-state index contributed by atoms with van der Waals surface area (Å²) in [5.41, 5.74) is 5.37. The molecule has 118 valence electrons. The number of carbonyl (C=O) groups is 2. The highest BCUT2D eigenvalue weighted by Gasteiger charge is 2.56. The summed E-state index contributed by atoms with van der Waals surface area (Å²) in [4.78, 5) is 25.5. The molecule has 6 heteroatoms. The van der Waals surface area contributed by atoms with E-state index < -0.39 is 23.3 Å². The fourth-order valence-electron chi connectivity index (χ4n) is 4.07. The molecule has 1 saturated heterocycles. The SMILES string of the molecule is NC(=O)C(c1ccc(F)cc1)N1C[C@@H]2CCC[C@@]2(C(=O)O)C1. The van der Waals surface area contributed by atoms with E-state index in [4.69, 9.17) is 5.73 Å². The van der Waals surface area contributed by atoms with E-state index in [1.165, 1.54) is 24.3 Å². The number of hydrogen-bond acceptors (Lipinski definition) is 3. The van der Waals surface area contributed by atoms with Crippen LogP contribution in [0.4, 0.5) is 4.39 Å². The number of nitrogens with zero attached hydrogens (tertiary/aromatic N) is 1. The van der Waals surface area contributed by atoms with Crippen molar-refractivity contribution in [2.24, 2.45) is 17.1 Å². The molecule has 5 nitrogen and oxygen atoms in total. The van der Waals surface area contributed by atoms with Gasteiger partial charge >= 0.3 is 5.97 Å². The zero-order chi connectivity index (χ0) is 15.9. The smallest absolute Gasteiger partial charge is 0.311 e. The minimum Gasteiger partial charge on any atom is -0.481 e. The molecule has 0 radical (unpaired) electrons. The molecule has 0 aromatic heterocycles. The Bertz CT molecular complexity index is 604. The molecule has 2 fully saturated rings. The molecular formula is C16H19FN2O3. The molecule has 1 aromatic carbocycles. The summed E-state index contributed by atoms with van der Waals surface area (Å²) in [6.07, 6.45) is 2.40. The highest BCUT2D eigenvalue weighted by atomic mass is 19.1. The minimum atomic E-state index is -0.792. The van der Waals surface area contributed by atoms with Crippen LogP contribution in [-0.4, -0.2) is 35.0 Å². The van der Waals surface area contributed by atoms with E-state index >= 15 is 0 Å². The number of nitrogens with two attached hydrogens (primary N) is 1. The number of primary amides is 1. The molecule has 0 bridgehead atoms. The van der Waals surface area contributed by atoms with Crippen molar-refractivity contribution in [3.63, 3.8) is 0 Å². The summed E-state index contributed by atoms with van der Waals surface area (Å²) < 4.78 is 13.1. The van der Waals surface area contributed by atoms with Crippen LogP contribution in [0.2, 0.25) is 0 Å². The maximum Gasteiger partial charge on any atom is 0.311 e. The van der Waals surface area contributed by atoms with Gasteiger partial charge < -0.3 is 10.8 Å². The molecule has 3 N–H and O–H groups in total. The summed E-state index contributed by atoms with van der Waals surface area (Å²) >= 11 is 0. The number of halogens is 1. The van der Waals surface area contributed by atoms with Crippen LogP contribution in [0, 0.1) is 17.2 Å². The predicted octanol–water partition coefficient (Wildman–Crippen LogP) is 1.54. The second-order valence-electron chi connectivity index (χ2n) is 6.34. The number of fused-ring (bicyclic) bond motifs is 1. The molecule has 0 spiro atoms. The molecule has 1 unspecified atom stereocenters. The van der Waals surface area contributed by atoms with Crippen LogP contribution in [0.1, 0.15) is 30.9 Å². The van der Waals surface area contributed by atoms with Crippen LogP contribution in [0.25, 0.3) is 0 Å². The highest BCUT2D eigenvalue weighted by Crippen LogP contribution is 2.50. The zero-order valence-electron chi connectivity index (χ0n) is 12.2. The molecule has 3 atom stereocenters. The Hall–Kier alpha value is -1.95. The molecule has 1 aliphatic carbocycles. The second kappa shape index (κ2) is 5.35. The number of rotatable bonds is 4. The third-order valence-electron chi connectivity index (χ3n) is 5.14. The number of carbonyl (C=O) groups excluding carboxylic acids is 1. The fraction of sp³-hybridized carbons (Fsp3) is 0.500. The lowest BCUT2D eigenvalue weighted by Gasteiger charge is -2.28. The van der Waals surface area contributed by atoms with E-state index in [1.807, 2.05) is 4.90 Å². The van der Waals surface area contributed by atoms with Gasteiger partial charge in [0.2, 0.25) is 5.91 Å². The zero-order valence-corrected chi connectivity index (χ0v) is 12.2. The largest absolute Gasteiger partial charge is 0.481 e. The van der Waals surface area contributed by atoms with Gasteiger partial charge in [0.15, 0.2) is 0 Å². The van der Waals surface area contributed by atoms with Crippen LogP contribution < -0.4 is 5.73 Å². The summed E-state index contributed by atoms with van der Waals surface area (Å²) in [6, 6.07) is 4.94. The van der Waals surface area contributed by atoms with Gasteiger partial charge in [-0.3, -0.25) is 14.5 Å². The third kappa shape index (κ3) is 2.27. The summed E-state index contributed by atoms with van der Waals surface area (Å²) in [5.74, 6) is -1.66. The first-order valence-electron chi connectivity index (χ1n) is 7.46. The molecule has 1 saturated carbocycles. The predicted molar refractivity (Wildman–Crippen MR) is 77.3 cm³/mol. The maximum atomic E-state index is 13.1. The van der Waals surface area contributed by atoms with E-state index in [2.05, 4.69) is 0 Å². The van der Waals surface area contributed by atoms with Gasteiger partial charge in [0.05, 0.1) is 5.41 Å². The lowest BCUT2D eigenvalue weighted by atomic mass is 9.81. The number of likely N-dealkylation sites (tertiary alicyclic amines) is 1. The lowest BCUT2D eigenvalue weighted by Crippen LogP contribution is -2.40. The van der Waals surface area contributed by atoms with Crippen LogP contribution in [-0.2, 0) is 9.59 Å². The van der Waals surface area contributed by atoms with Crippen LogP contribution in [0.3, 0.4) is 0 Å². The Morgan fingerprint density at radius 3 is 2.59 bits per heavy atom. The molecule has 2 aliphatic rings. The van der Waals surface area contributed by atoms with Crippen molar-refractivity contribution in [3.05, 3.63) is 35.6 Å². The van der Waals surface area contributed by atoms with Gasteiger partial charge in [0, 0.05) is 13.1 Å².